The first kappa shape index (κ1) is 17.5. The van der Waals surface area contributed by atoms with Crippen molar-refractivity contribution in [2.75, 3.05) is 19.6 Å². The lowest BCUT2D eigenvalue weighted by Crippen LogP contribution is -2.40. The van der Waals surface area contributed by atoms with Crippen LogP contribution in [0.25, 0.3) is 0 Å². The molecule has 2 aromatic rings. The predicted octanol–water partition coefficient (Wildman–Crippen LogP) is 3.10. The number of aryl methyl sites for hydroxylation is 1. The SMILES string of the molecule is Cc1nccn1C[C@H](C)CNC(=O)N1CC[C@H](Cc2ccccc2)C1. The van der Waals surface area contributed by atoms with Gasteiger partial charge in [-0.3, -0.25) is 0 Å². The van der Waals surface area contributed by atoms with Crippen LogP contribution in [0.2, 0.25) is 0 Å². The number of amides is 2. The van der Waals surface area contributed by atoms with Crippen molar-refractivity contribution in [1.82, 2.24) is 19.8 Å². The molecule has 2 amide bonds. The van der Waals surface area contributed by atoms with Crippen LogP contribution in [0.4, 0.5) is 4.79 Å². The van der Waals surface area contributed by atoms with Gasteiger partial charge >= 0.3 is 6.03 Å². The summed E-state index contributed by atoms with van der Waals surface area (Å²) in [4.78, 5) is 18.6. The molecule has 134 valence electrons. The van der Waals surface area contributed by atoms with Crippen LogP contribution in [0.5, 0.6) is 0 Å². The molecular weight excluding hydrogens is 312 g/mol. The van der Waals surface area contributed by atoms with Gasteiger partial charge in [0.2, 0.25) is 0 Å². The minimum Gasteiger partial charge on any atom is -0.338 e. The van der Waals surface area contributed by atoms with Gasteiger partial charge in [-0.15, -0.1) is 0 Å². The monoisotopic (exact) mass is 340 g/mol. The summed E-state index contributed by atoms with van der Waals surface area (Å²) in [6.07, 6.45) is 5.95. The Kier molecular flexibility index (Phi) is 5.74. The molecule has 1 N–H and O–H groups in total. The topological polar surface area (TPSA) is 50.2 Å². The van der Waals surface area contributed by atoms with Gasteiger partial charge in [0.25, 0.3) is 0 Å². The molecule has 0 bridgehead atoms. The number of carbonyl (C=O) groups excluding carboxylic acids is 1. The van der Waals surface area contributed by atoms with Crippen molar-refractivity contribution in [3.63, 3.8) is 0 Å². The molecule has 5 nitrogen and oxygen atoms in total. The molecule has 1 saturated heterocycles. The first-order valence-corrected chi connectivity index (χ1v) is 9.16. The molecule has 1 aromatic carbocycles. The zero-order valence-corrected chi connectivity index (χ0v) is 15.2. The summed E-state index contributed by atoms with van der Waals surface area (Å²) in [6.45, 7) is 7.44. The second-order valence-electron chi connectivity index (χ2n) is 7.21. The molecule has 1 aliphatic heterocycles. The molecule has 1 aromatic heterocycles. The zero-order chi connectivity index (χ0) is 17.6. The van der Waals surface area contributed by atoms with E-state index in [9.17, 15) is 4.79 Å². The lowest BCUT2D eigenvalue weighted by molar-refractivity contribution is 0.204. The average Bonchev–Trinajstić information content (AvgIpc) is 3.23. The number of nitrogens with one attached hydrogen (secondary N) is 1. The highest BCUT2D eigenvalue weighted by atomic mass is 16.2. The van der Waals surface area contributed by atoms with Crippen molar-refractivity contribution in [3.05, 3.63) is 54.1 Å². The fourth-order valence-electron chi connectivity index (χ4n) is 3.50. The van der Waals surface area contributed by atoms with Crippen LogP contribution >= 0.6 is 0 Å². The second kappa shape index (κ2) is 8.19. The normalized spacial score (nSPS) is 18.3. The molecule has 0 aliphatic carbocycles. The van der Waals surface area contributed by atoms with Crippen LogP contribution in [0.1, 0.15) is 24.7 Å². The van der Waals surface area contributed by atoms with Gasteiger partial charge in [-0.2, -0.15) is 0 Å². The number of likely N-dealkylation sites (tertiary alicyclic amines) is 1. The van der Waals surface area contributed by atoms with E-state index in [1.807, 2.05) is 30.3 Å². The first-order chi connectivity index (χ1) is 12.1. The van der Waals surface area contributed by atoms with Crippen molar-refractivity contribution in [2.45, 2.75) is 33.2 Å². The molecule has 0 radical (unpaired) electrons. The summed E-state index contributed by atoms with van der Waals surface area (Å²) < 4.78 is 2.13. The summed E-state index contributed by atoms with van der Waals surface area (Å²) in [7, 11) is 0. The number of imidazole rings is 1. The zero-order valence-electron chi connectivity index (χ0n) is 15.2. The standard InChI is InChI=1S/C20H28N4O/c1-16(14-23-11-9-21-17(23)2)13-22-20(25)24-10-8-19(15-24)12-18-6-4-3-5-7-18/h3-7,9,11,16,19H,8,10,12-15H2,1-2H3,(H,22,25)/t16-,19-/m1/s1. The molecule has 1 aliphatic rings. The molecule has 0 saturated carbocycles. The van der Waals surface area contributed by atoms with Crippen LogP contribution in [-0.4, -0.2) is 40.1 Å². The van der Waals surface area contributed by atoms with E-state index in [1.165, 1.54) is 5.56 Å². The van der Waals surface area contributed by atoms with E-state index >= 15 is 0 Å². The van der Waals surface area contributed by atoms with Gasteiger partial charge in [-0.05, 0) is 37.2 Å². The Labute approximate surface area is 150 Å². The van der Waals surface area contributed by atoms with Gasteiger partial charge in [-0.25, -0.2) is 9.78 Å². The second-order valence-corrected chi connectivity index (χ2v) is 7.21. The summed E-state index contributed by atoms with van der Waals surface area (Å²) in [5.41, 5.74) is 1.36. The Morgan fingerprint density at radius 3 is 2.88 bits per heavy atom. The predicted molar refractivity (Wildman–Crippen MR) is 99.4 cm³/mol. The van der Waals surface area contributed by atoms with Crippen LogP contribution in [-0.2, 0) is 13.0 Å². The molecule has 2 atom stereocenters. The fraction of sp³-hybridized carbons (Fsp3) is 0.500. The van der Waals surface area contributed by atoms with Crippen molar-refractivity contribution < 1.29 is 4.79 Å². The summed E-state index contributed by atoms with van der Waals surface area (Å²) >= 11 is 0. The number of benzene rings is 1. The Bertz CT molecular complexity index is 682. The van der Waals surface area contributed by atoms with Gasteiger partial charge in [-0.1, -0.05) is 37.3 Å². The Morgan fingerprint density at radius 2 is 2.16 bits per heavy atom. The Morgan fingerprint density at radius 1 is 1.36 bits per heavy atom. The van der Waals surface area contributed by atoms with Crippen molar-refractivity contribution in [3.8, 4) is 0 Å². The van der Waals surface area contributed by atoms with E-state index in [0.717, 1.165) is 38.3 Å². The van der Waals surface area contributed by atoms with Crippen molar-refractivity contribution >= 4 is 6.03 Å². The minimum absolute atomic E-state index is 0.0739. The average molecular weight is 340 g/mol. The highest BCUT2D eigenvalue weighted by molar-refractivity contribution is 5.74. The summed E-state index contributed by atoms with van der Waals surface area (Å²) in [5, 5.41) is 3.09. The van der Waals surface area contributed by atoms with E-state index in [1.54, 1.807) is 0 Å². The van der Waals surface area contributed by atoms with E-state index in [0.29, 0.717) is 18.4 Å². The van der Waals surface area contributed by atoms with Crippen molar-refractivity contribution in [2.24, 2.45) is 11.8 Å². The Hall–Kier alpha value is -2.30. The van der Waals surface area contributed by atoms with E-state index in [2.05, 4.69) is 46.1 Å². The van der Waals surface area contributed by atoms with Gasteiger partial charge in [0.15, 0.2) is 0 Å². The third-order valence-electron chi connectivity index (χ3n) is 4.97. The number of hydrogen-bond donors (Lipinski definition) is 1. The molecule has 2 heterocycles. The van der Waals surface area contributed by atoms with Crippen LogP contribution < -0.4 is 5.32 Å². The molecule has 25 heavy (non-hydrogen) atoms. The number of rotatable bonds is 6. The number of carbonyl (C=O) groups is 1. The lowest BCUT2D eigenvalue weighted by atomic mass is 9.99. The highest BCUT2D eigenvalue weighted by Crippen LogP contribution is 2.20. The maximum Gasteiger partial charge on any atom is 0.317 e. The minimum atomic E-state index is 0.0739. The maximum absolute atomic E-state index is 12.4. The maximum atomic E-state index is 12.4. The summed E-state index contributed by atoms with van der Waals surface area (Å²) in [6, 6.07) is 10.6. The van der Waals surface area contributed by atoms with E-state index in [4.69, 9.17) is 0 Å². The van der Waals surface area contributed by atoms with Crippen LogP contribution in [0.3, 0.4) is 0 Å². The first-order valence-electron chi connectivity index (χ1n) is 9.16. The molecule has 1 fully saturated rings. The number of nitrogens with zero attached hydrogens (tertiary/aromatic N) is 3. The number of urea groups is 1. The third-order valence-corrected chi connectivity index (χ3v) is 4.97. The molecule has 0 unspecified atom stereocenters. The van der Waals surface area contributed by atoms with Crippen LogP contribution in [0.15, 0.2) is 42.7 Å². The molecule has 0 spiro atoms. The highest BCUT2D eigenvalue weighted by Gasteiger charge is 2.26. The largest absolute Gasteiger partial charge is 0.338 e. The van der Waals surface area contributed by atoms with E-state index in [-0.39, 0.29) is 6.03 Å². The Balaban J connectivity index is 1.41. The number of aromatic nitrogens is 2. The van der Waals surface area contributed by atoms with Gasteiger partial charge in [0.05, 0.1) is 0 Å². The molecular formula is C20H28N4O. The van der Waals surface area contributed by atoms with Crippen molar-refractivity contribution in [1.29, 1.82) is 0 Å². The fourth-order valence-corrected chi connectivity index (χ4v) is 3.50. The quantitative estimate of drug-likeness (QED) is 0.878. The third kappa shape index (κ3) is 4.84. The van der Waals surface area contributed by atoms with Gasteiger partial charge in [0.1, 0.15) is 5.82 Å². The number of hydrogen-bond acceptors (Lipinski definition) is 2. The van der Waals surface area contributed by atoms with Gasteiger partial charge in [0, 0.05) is 38.6 Å². The lowest BCUT2D eigenvalue weighted by Gasteiger charge is -2.20. The molecule has 3 rings (SSSR count). The molecule has 5 heteroatoms. The van der Waals surface area contributed by atoms with E-state index < -0.39 is 0 Å². The van der Waals surface area contributed by atoms with Gasteiger partial charge < -0.3 is 14.8 Å². The smallest absolute Gasteiger partial charge is 0.317 e. The summed E-state index contributed by atoms with van der Waals surface area (Å²) in [5.74, 6) is 1.96. The van der Waals surface area contributed by atoms with Crippen LogP contribution in [0, 0.1) is 18.8 Å².